The third-order valence-corrected chi connectivity index (χ3v) is 8.77. The zero-order valence-corrected chi connectivity index (χ0v) is 15.0. The van der Waals surface area contributed by atoms with E-state index in [0.717, 1.165) is 32.1 Å². The Morgan fingerprint density at radius 2 is 1.88 bits per heavy atom. The van der Waals surface area contributed by atoms with Crippen LogP contribution < -0.4 is 0 Å². The topological polar surface area (TPSA) is 87.0 Å². The molecule has 8 atom stereocenters. The Morgan fingerprint density at radius 1 is 1.16 bits per heavy atom. The van der Waals surface area contributed by atoms with E-state index in [2.05, 4.69) is 20.4 Å². The number of Topliss-reactive ketones (excluding diaryl/α,β-unsaturated/α-hetero) is 1. The molecule has 4 aliphatic carbocycles. The van der Waals surface area contributed by atoms with Crippen molar-refractivity contribution in [1.82, 2.24) is 0 Å². The summed E-state index contributed by atoms with van der Waals surface area (Å²) in [6.45, 7) is 8.58. The van der Waals surface area contributed by atoms with E-state index in [9.17, 15) is 20.1 Å². The third kappa shape index (κ3) is 1.41. The van der Waals surface area contributed by atoms with Crippen LogP contribution in [0, 0.1) is 34.0 Å². The lowest BCUT2D eigenvalue weighted by atomic mass is 9.36. The maximum Gasteiger partial charge on any atom is 0.208 e. The first-order valence-corrected chi connectivity index (χ1v) is 9.61. The van der Waals surface area contributed by atoms with Crippen molar-refractivity contribution >= 4 is 5.78 Å². The molecule has 5 nitrogen and oxygen atoms in total. The Hall–Kier alpha value is -0.750. The summed E-state index contributed by atoms with van der Waals surface area (Å²) in [6, 6.07) is 0. The average molecular weight is 348 g/mol. The molecule has 6 fully saturated rings. The Balaban J connectivity index is 1.79. The molecule has 6 rings (SSSR count). The summed E-state index contributed by atoms with van der Waals surface area (Å²) < 4.78 is 5.89. The lowest BCUT2D eigenvalue weighted by Crippen LogP contribution is -2.83. The molecular formula is C20H28O5. The van der Waals surface area contributed by atoms with Crippen molar-refractivity contribution in [2.24, 2.45) is 34.0 Å². The quantitative estimate of drug-likeness (QED) is 0.576. The maximum atomic E-state index is 13.3. The minimum Gasteiger partial charge on any atom is -0.391 e. The number of hydrogen-bond acceptors (Lipinski definition) is 5. The van der Waals surface area contributed by atoms with E-state index in [4.69, 9.17) is 4.74 Å². The van der Waals surface area contributed by atoms with Crippen molar-refractivity contribution < 1.29 is 24.9 Å². The predicted molar refractivity (Wildman–Crippen MR) is 89.3 cm³/mol. The number of aliphatic hydroxyl groups excluding tert-OH is 2. The van der Waals surface area contributed by atoms with Gasteiger partial charge in [-0.1, -0.05) is 26.8 Å². The SMILES string of the molecule is C=C1C(=O)[C@]23[C@H](O)[C@@H]1CC[C@H]2[C@]12CCCC(C)(C)[C@H]1[C@H](O)[C@@]3(O)OC2. The molecule has 0 aromatic heterocycles. The van der Waals surface area contributed by atoms with Gasteiger partial charge in [0.2, 0.25) is 5.79 Å². The molecule has 25 heavy (non-hydrogen) atoms. The zero-order valence-electron chi connectivity index (χ0n) is 15.0. The van der Waals surface area contributed by atoms with E-state index >= 15 is 0 Å². The van der Waals surface area contributed by atoms with E-state index in [0.29, 0.717) is 12.2 Å². The van der Waals surface area contributed by atoms with Crippen molar-refractivity contribution in [1.29, 1.82) is 0 Å². The smallest absolute Gasteiger partial charge is 0.208 e. The Bertz CT molecular complexity index is 686. The number of fused-ring (bicyclic) bond motifs is 2. The van der Waals surface area contributed by atoms with Gasteiger partial charge in [0.15, 0.2) is 5.78 Å². The monoisotopic (exact) mass is 348 g/mol. The number of hydrogen-bond donors (Lipinski definition) is 3. The summed E-state index contributed by atoms with van der Waals surface area (Å²) in [5, 5.41) is 34.0. The van der Waals surface area contributed by atoms with E-state index in [-0.39, 0.29) is 34.4 Å². The Labute approximate surface area is 148 Å². The van der Waals surface area contributed by atoms with Crippen molar-refractivity contribution in [3.05, 3.63) is 12.2 Å². The van der Waals surface area contributed by atoms with Gasteiger partial charge in [0.1, 0.15) is 11.5 Å². The third-order valence-electron chi connectivity index (χ3n) is 8.77. The summed E-state index contributed by atoms with van der Waals surface area (Å²) in [6.07, 6.45) is 2.18. The number of ketones is 1. The molecule has 0 unspecified atom stereocenters. The van der Waals surface area contributed by atoms with Crippen LogP contribution in [-0.2, 0) is 9.53 Å². The molecular weight excluding hydrogens is 320 g/mol. The van der Waals surface area contributed by atoms with Crippen molar-refractivity contribution in [2.75, 3.05) is 6.61 Å². The lowest BCUT2D eigenvalue weighted by molar-refractivity contribution is -0.448. The maximum absolute atomic E-state index is 13.3. The molecule has 4 saturated carbocycles. The molecule has 2 spiro atoms. The van der Waals surface area contributed by atoms with E-state index in [1.54, 1.807) is 0 Å². The van der Waals surface area contributed by atoms with Gasteiger partial charge < -0.3 is 20.1 Å². The Kier molecular flexibility index (Phi) is 2.88. The van der Waals surface area contributed by atoms with Crippen LogP contribution in [0.5, 0.6) is 0 Å². The van der Waals surface area contributed by atoms with Gasteiger partial charge in [-0.15, -0.1) is 0 Å². The molecule has 2 saturated heterocycles. The van der Waals surface area contributed by atoms with E-state index in [1.807, 2.05) is 0 Å². The zero-order chi connectivity index (χ0) is 18.0. The lowest BCUT2D eigenvalue weighted by Gasteiger charge is -2.73. The first-order valence-electron chi connectivity index (χ1n) is 9.61. The number of ether oxygens (including phenoxy) is 1. The van der Waals surface area contributed by atoms with Gasteiger partial charge >= 0.3 is 0 Å². The number of carbonyl (C=O) groups is 1. The van der Waals surface area contributed by atoms with Gasteiger partial charge in [-0.2, -0.15) is 0 Å². The molecule has 0 radical (unpaired) electrons. The van der Waals surface area contributed by atoms with Crippen LogP contribution in [0.25, 0.3) is 0 Å². The van der Waals surface area contributed by atoms with Gasteiger partial charge in [0.25, 0.3) is 0 Å². The molecule has 5 heteroatoms. The number of rotatable bonds is 0. The van der Waals surface area contributed by atoms with Crippen molar-refractivity contribution in [2.45, 2.75) is 63.9 Å². The van der Waals surface area contributed by atoms with Crippen LogP contribution in [0.4, 0.5) is 0 Å². The van der Waals surface area contributed by atoms with Gasteiger partial charge in [0, 0.05) is 17.3 Å². The largest absolute Gasteiger partial charge is 0.391 e. The highest BCUT2D eigenvalue weighted by Crippen LogP contribution is 2.76. The van der Waals surface area contributed by atoms with Crippen molar-refractivity contribution in [3.8, 4) is 0 Å². The minimum atomic E-state index is -2.02. The van der Waals surface area contributed by atoms with Gasteiger partial charge in [-0.25, -0.2) is 0 Å². The van der Waals surface area contributed by atoms with Crippen LogP contribution in [0.3, 0.4) is 0 Å². The fourth-order valence-electron chi connectivity index (χ4n) is 7.99. The molecule has 3 N–H and O–H groups in total. The number of aliphatic hydroxyl groups is 3. The second kappa shape index (κ2) is 4.38. The number of carbonyl (C=O) groups excluding carboxylic acids is 1. The first kappa shape index (κ1) is 16.4. The van der Waals surface area contributed by atoms with Crippen LogP contribution >= 0.6 is 0 Å². The van der Waals surface area contributed by atoms with Crippen molar-refractivity contribution in [3.63, 3.8) is 0 Å². The molecule has 0 aromatic rings. The highest BCUT2D eigenvalue weighted by atomic mass is 16.6. The summed E-state index contributed by atoms with van der Waals surface area (Å²) >= 11 is 0. The molecule has 0 amide bonds. The summed E-state index contributed by atoms with van der Waals surface area (Å²) in [5.41, 5.74) is -1.56. The van der Waals surface area contributed by atoms with Crippen LogP contribution in [-0.4, -0.2) is 45.7 Å². The van der Waals surface area contributed by atoms with Gasteiger partial charge in [-0.3, -0.25) is 4.79 Å². The minimum absolute atomic E-state index is 0.131. The Morgan fingerprint density at radius 3 is 2.60 bits per heavy atom. The van der Waals surface area contributed by atoms with Crippen LogP contribution in [0.1, 0.15) is 46.0 Å². The van der Waals surface area contributed by atoms with Gasteiger partial charge in [-0.05, 0) is 42.6 Å². The van der Waals surface area contributed by atoms with E-state index < -0.39 is 23.4 Å². The molecule has 0 aromatic carbocycles. The predicted octanol–water partition coefficient (Wildman–Crippen LogP) is 1.40. The van der Waals surface area contributed by atoms with E-state index in [1.165, 1.54) is 0 Å². The molecule has 6 aliphatic rings. The van der Waals surface area contributed by atoms with Gasteiger partial charge in [0.05, 0.1) is 12.7 Å². The second-order valence-corrected chi connectivity index (χ2v) is 9.89. The second-order valence-electron chi connectivity index (χ2n) is 9.89. The first-order chi connectivity index (χ1) is 11.6. The standard InChI is InChI=1S/C20H28O5/c1-10-11-5-6-12-18-8-4-7-17(2,3)13(18)16(23)20(24,25-9-18)19(12,14(10)21)15(11)22/h11-13,15-16,22-24H,1,4-9H2,2-3H3/t11-,12+,13-,15-,16+,18-,19+,20-/m1/s1. The van der Waals surface area contributed by atoms with Crippen LogP contribution in [0.15, 0.2) is 12.2 Å². The fraction of sp³-hybridized carbons (Fsp3) is 0.850. The average Bonchev–Trinajstić information content (AvgIpc) is 2.66. The molecule has 2 heterocycles. The molecule has 2 aliphatic heterocycles. The van der Waals surface area contributed by atoms with Crippen LogP contribution in [0.2, 0.25) is 0 Å². The normalized spacial score (nSPS) is 58.8. The molecule has 138 valence electrons. The summed E-state index contributed by atoms with van der Waals surface area (Å²) in [4.78, 5) is 13.3. The molecule has 4 bridgehead atoms. The summed E-state index contributed by atoms with van der Waals surface area (Å²) in [5.74, 6) is -2.92. The fourth-order valence-corrected chi connectivity index (χ4v) is 7.99. The highest BCUT2D eigenvalue weighted by molar-refractivity contribution is 6.05. The highest BCUT2D eigenvalue weighted by Gasteiger charge is 2.85. The summed E-state index contributed by atoms with van der Waals surface area (Å²) in [7, 11) is 0.